The van der Waals surface area contributed by atoms with Crippen LogP contribution in [-0.4, -0.2) is 34.2 Å². The lowest BCUT2D eigenvalue weighted by atomic mass is 10.2. The first-order valence-corrected chi connectivity index (χ1v) is 8.52. The van der Waals surface area contributed by atoms with Crippen LogP contribution in [0, 0.1) is 0 Å². The smallest absolute Gasteiger partial charge is 0.263 e. The first-order valence-electron chi connectivity index (χ1n) is 8.52. The van der Waals surface area contributed by atoms with Crippen LogP contribution in [0.5, 0.6) is 5.75 Å². The van der Waals surface area contributed by atoms with E-state index in [4.69, 9.17) is 9.15 Å². The van der Waals surface area contributed by atoms with Crippen molar-refractivity contribution < 1.29 is 13.9 Å². The molecule has 26 heavy (non-hydrogen) atoms. The third-order valence-corrected chi connectivity index (χ3v) is 3.90. The Morgan fingerprint density at radius 1 is 1.08 bits per heavy atom. The minimum absolute atomic E-state index is 0.129. The van der Waals surface area contributed by atoms with Crippen molar-refractivity contribution in [1.82, 2.24) is 15.1 Å². The standard InChI is InChI=1S/C20H21N3O3/c1-3-17(25-16-12-8-5-9-13-16)20(24)23(2)14-18-21-22-19(26-18)15-10-6-4-7-11-15/h4-13,17H,3,14H2,1-2H3/t17-/m1/s1. The van der Waals surface area contributed by atoms with Gasteiger partial charge in [-0.05, 0) is 30.7 Å². The van der Waals surface area contributed by atoms with E-state index in [1.807, 2.05) is 67.6 Å². The van der Waals surface area contributed by atoms with Gasteiger partial charge in [0.25, 0.3) is 5.91 Å². The molecule has 3 rings (SSSR count). The second-order valence-electron chi connectivity index (χ2n) is 5.89. The Balaban J connectivity index is 1.64. The number of nitrogens with zero attached hydrogens (tertiary/aromatic N) is 3. The Labute approximate surface area is 152 Å². The van der Waals surface area contributed by atoms with Crippen molar-refractivity contribution in [3.63, 3.8) is 0 Å². The van der Waals surface area contributed by atoms with Crippen LogP contribution >= 0.6 is 0 Å². The number of rotatable bonds is 7. The van der Waals surface area contributed by atoms with Crippen LogP contribution in [0.2, 0.25) is 0 Å². The predicted octanol–water partition coefficient (Wildman–Crippen LogP) is 3.55. The van der Waals surface area contributed by atoms with Gasteiger partial charge >= 0.3 is 0 Å². The SMILES string of the molecule is CC[C@@H](Oc1ccccc1)C(=O)N(C)Cc1nnc(-c2ccccc2)o1. The molecule has 0 bridgehead atoms. The highest BCUT2D eigenvalue weighted by Gasteiger charge is 2.24. The molecule has 134 valence electrons. The second-order valence-corrected chi connectivity index (χ2v) is 5.89. The summed E-state index contributed by atoms with van der Waals surface area (Å²) in [6.07, 6.45) is 0.0101. The molecule has 0 aliphatic heterocycles. The second kappa shape index (κ2) is 8.29. The summed E-state index contributed by atoms with van der Waals surface area (Å²) in [4.78, 5) is 14.2. The molecule has 0 saturated carbocycles. The fraction of sp³-hybridized carbons (Fsp3) is 0.250. The van der Waals surface area contributed by atoms with E-state index in [0.717, 1.165) is 5.56 Å². The predicted molar refractivity (Wildman–Crippen MR) is 97.4 cm³/mol. The molecular weight excluding hydrogens is 330 g/mol. The Morgan fingerprint density at radius 2 is 1.73 bits per heavy atom. The average molecular weight is 351 g/mol. The molecule has 6 heteroatoms. The molecule has 0 spiro atoms. The minimum Gasteiger partial charge on any atom is -0.481 e. The number of amides is 1. The maximum atomic E-state index is 12.7. The average Bonchev–Trinajstić information content (AvgIpc) is 3.15. The third-order valence-electron chi connectivity index (χ3n) is 3.90. The molecule has 1 amide bonds. The van der Waals surface area contributed by atoms with E-state index in [0.29, 0.717) is 24.0 Å². The molecule has 0 N–H and O–H groups in total. The van der Waals surface area contributed by atoms with E-state index in [9.17, 15) is 4.79 Å². The summed E-state index contributed by atoms with van der Waals surface area (Å²) in [5, 5.41) is 8.08. The number of carbonyl (C=O) groups excluding carboxylic acids is 1. The van der Waals surface area contributed by atoms with Crippen LogP contribution in [0.1, 0.15) is 19.2 Å². The zero-order valence-corrected chi connectivity index (χ0v) is 14.8. The van der Waals surface area contributed by atoms with Gasteiger partial charge < -0.3 is 14.1 Å². The molecular formula is C20H21N3O3. The van der Waals surface area contributed by atoms with Gasteiger partial charge in [-0.3, -0.25) is 4.79 Å². The summed E-state index contributed by atoms with van der Waals surface area (Å²) in [6.45, 7) is 2.15. The van der Waals surface area contributed by atoms with Gasteiger partial charge in [-0.15, -0.1) is 10.2 Å². The fourth-order valence-electron chi connectivity index (χ4n) is 2.51. The molecule has 6 nitrogen and oxygen atoms in total. The minimum atomic E-state index is -0.557. The molecule has 0 radical (unpaired) electrons. The van der Waals surface area contributed by atoms with E-state index in [2.05, 4.69) is 10.2 Å². The van der Waals surface area contributed by atoms with Crippen molar-refractivity contribution in [3.05, 3.63) is 66.6 Å². The number of hydrogen-bond donors (Lipinski definition) is 0. The van der Waals surface area contributed by atoms with Gasteiger partial charge in [0.15, 0.2) is 6.10 Å². The Kier molecular flexibility index (Phi) is 5.63. The van der Waals surface area contributed by atoms with Crippen LogP contribution in [0.4, 0.5) is 0 Å². The molecule has 0 unspecified atom stereocenters. The van der Waals surface area contributed by atoms with E-state index >= 15 is 0 Å². The van der Waals surface area contributed by atoms with Gasteiger partial charge in [0.1, 0.15) is 5.75 Å². The first-order chi connectivity index (χ1) is 12.7. The van der Waals surface area contributed by atoms with Crippen LogP contribution in [0.3, 0.4) is 0 Å². The van der Waals surface area contributed by atoms with Crippen LogP contribution < -0.4 is 4.74 Å². The lowest BCUT2D eigenvalue weighted by molar-refractivity contribution is -0.138. The largest absolute Gasteiger partial charge is 0.481 e. The van der Waals surface area contributed by atoms with Gasteiger partial charge in [-0.25, -0.2) is 0 Å². The number of aromatic nitrogens is 2. The molecule has 1 aromatic heterocycles. The Morgan fingerprint density at radius 3 is 2.38 bits per heavy atom. The Bertz CT molecular complexity index is 834. The first kappa shape index (κ1) is 17.7. The van der Waals surface area contributed by atoms with E-state index in [1.54, 1.807) is 11.9 Å². The van der Waals surface area contributed by atoms with Crippen molar-refractivity contribution in [1.29, 1.82) is 0 Å². The van der Waals surface area contributed by atoms with Crippen molar-refractivity contribution in [3.8, 4) is 17.2 Å². The zero-order chi connectivity index (χ0) is 18.4. The number of para-hydroxylation sites is 1. The maximum absolute atomic E-state index is 12.7. The molecule has 3 aromatic rings. The van der Waals surface area contributed by atoms with Gasteiger partial charge in [-0.2, -0.15) is 0 Å². The molecule has 0 aliphatic carbocycles. The summed E-state index contributed by atoms with van der Waals surface area (Å²) < 4.78 is 11.5. The highest BCUT2D eigenvalue weighted by molar-refractivity contribution is 5.80. The zero-order valence-electron chi connectivity index (χ0n) is 14.8. The number of likely N-dealkylation sites (N-methyl/N-ethyl adjacent to an activating group) is 1. The van der Waals surface area contributed by atoms with Gasteiger partial charge in [0.2, 0.25) is 11.8 Å². The number of ether oxygens (including phenoxy) is 1. The topological polar surface area (TPSA) is 68.5 Å². The van der Waals surface area contributed by atoms with E-state index in [1.165, 1.54) is 0 Å². The van der Waals surface area contributed by atoms with Crippen LogP contribution in [0.25, 0.3) is 11.5 Å². The summed E-state index contributed by atoms with van der Waals surface area (Å²) in [5.41, 5.74) is 0.846. The third kappa shape index (κ3) is 4.27. The monoisotopic (exact) mass is 351 g/mol. The van der Waals surface area contributed by atoms with Gasteiger partial charge in [-0.1, -0.05) is 43.3 Å². The van der Waals surface area contributed by atoms with Crippen molar-refractivity contribution in [2.75, 3.05) is 7.05 Å². The molecule has 1 heterocycles. The van der Waals surface area contributed by atoms with Crippen molar-refractivity contribution in [2.45, 2.75) is 26.0 Å². The molecule has 1 atom stereocenters. The molecule has 2 aromatic carbocycles. The van der Waals surface area contributed by atoms with E-state index in [-0.39, 0.29) is 12.5 Å². The van der Waals surface area contributed by atoms with Crippen LogP contribution in [0.15, 0.2) is 65.1 Å². The summed E-state index contributed by atoms with van der Waals surface area (Å²) in [6, 6.07) is 18.8. The van der Waals surface area contributed by atoms with Gasteiger partial charge in [0, 0.05) is 12.6 Å². The number of carbonyl (C=O) groups is 1. The highest BCUT2D eigenvalue weighted by atomic mass is 16.5. The van der Waals surface area contributed by atoms with Gasteiger partial charge in [0.05, 0.1) is 6.54 Å². The lowest BCUT2D eigenvalue weighted by Gasteiger charge is -2.22. The molecule has 0 fully saturated rings. The highest BCUT2D eigenvalue weighted by Crippen LogP contribution is 2.18. The normalized spacial score (nSPS) is 11.8. The van der Waals surface area contributed by atoms with Crippen LogP contribution in [-0.2, 0) is 11.3 Å². The van der Waals surface area contributed by atoms with Crippen molar-refractivity contribution >= 4 is 5.91 Å². The Hall–Kier alpha value is -3.15. The lowest BCUT2D eigenvalue weighted by Crippen LogP contribution is -2.39. The fourth-order valence-corrected chi connectivity index (χ4v) is 2.51. The summed E-state index contributed by atoms with van der Waals surface area (Å²) in [7, 11) is 1.70. The van der Waals surface area contributed by atoms with Crippen molar-refractivity contribution in [2.24, 2.45) is 0 Å². The maximum Gasteiger partial charge on any atom is 0.263 e. The summed E-state index contributed by atoms with van der Waals surface area (Å²) >= 11 is 0. The molecule has 0 saturated heterocycles. The summed E-state index contributed by atoms with van der Waals surface area (Å²) in [5.74, 6) is 1.37. The van der Waals surface area contributed by atoms with E-state index < -0.39 is 6.10 Å². The molecule has 0 aliphatic rings. The number of hydrogen-bond acceptors (Lipinski definition) is 5. The number of benzene rings is 2. The quantitative estimate of drug-likeness (QED) is 0.651.